The van der Waals surface area contributed by atoms with E-state index in [2.05, 4.69) is 4.98 Å². The maximum atomic E-state index is 12.9. The normalized spacial score (nSPS) is 18.2. The number of carbonyl (C=O) groups excluding carboxylic acids is 1. The summed E-state index contributed by atoms with van der Waals surface area (Å²) in [6.45, 7) is 2.96. The zero-order valence-corrected chi connectivity index (χ0v) is 19.3. The lowest BCUT2D eigenvalue weighted by Crippen LogP contribution is -2.11. The van der Waals surface area contributed by atoms with Crippen molar-refractivity contribution in [3.63, 3.8) is 0 Å². The summed E-state index contributed by atoms with van der Waals surface area (Å²) in [5, 5.41) is 11.0. The van der Waals surface area contributed by atoms with Crippen molar-refractivity contribution in [2.45, 2.75) is 19.4 Å². The van der Waals surface area contributed by atoms with Gasteiger partial charge in [-0.1, -0.05) is 23.9 Å². The number of nitrogens with one attached hydrogen (secondary N) is 1. The first-order chi connectivity index (χ1) is 16.1. The Kier molecular flexibility index (Phi) is 6.06. The van der Waals surface area contributed by atoms with Gasteiger partial charge in [0.05, 0.1) is 16.6 Å². The monoisotopic (exact) mass is 480 g/mol. The molecule has 1 fully saturated rings. The van der Waals surface area contributed by atoms with Gasteiger partial charge in [-0.05, 0) is 48.4 Å². The summed E-state index contributed by atoms with van der Waals surface area (Å²) in [6.07, 6.45) is 3.45. The molecule has 5 rings (SSSR count). The van der Waals surface area contributed by atoms with Crippen molar-refractivity contribution >= 4 is 40.0 Å². The van der Waals surface area contributed by atoms with Crippen LogP contribution in [0.3, 0.4) is 0 Å². The molecular formula is C24H20N2O5S2. The first-order valence-corrected chi connectivity index (χ1v) is 12.0. The third-order valence-corrected chi connectivity index (χ3v) is 6.92. The van der Waals surface area contributed by atoms with Crippen molar-refractivity contribution in [1.29, 1.82) is 5.41 Å². The van der Waals surface area contributed by atoms with Gasteiger partial charge in [-0.3, -0.25) is 10.2 Å². The molecule has 33 heavy (non-hydrogen) atoms. The van der Waals surface area contributed by atoms with Gasteiger partial charge in [0.25, 0.3) is 0 Å². The minimum absolute atomic E-state index is 0.0963. The number of hydrogen-bond donors (Lipinski definition) is 1. The molecule has 1 saturated heterocycles. The van der Waals surface area contributed by atoms with E-state index in [0.29, 0.717) is 45.4 Å². The summed E-state index contributed by atoms with van der Waals surface area (Å²) < 4.78 is 22.6. The van der Waals surface area contributed by atoms with Crippen molar-refractivity contribution in [2.24, 2.45) is 0 Å². The number of ether oxygens (including phenoxy) is 4. The summed E-state index contributed by atoms with van der Waals surface area (Å²) in [5.41, 5.74) is 1.75. The smallest absolute Gasteiger partial charge is 0.231 e. The molecule has 0 saturated carbocycles. The van der Waals surface area contributed by atoms with E-state index in [4.69, 9.17) is 24.4 Å². The van der Waals surface area contributed by atoms with Gasteiger partial charge >= 0.3 is 0 Å². The van der Waals surface area contributed by atoms with E-state index in [0.717, 1.165) is 16.9 Å². The molecule has 2 aliphatic rings. The number of benzene rings is 2. The number of Topliss-reactive ketones (excluding diaryl/α,β-unsaturated/α-hetero) is 1. The number of carbonyl (C=O) groups is 1. The lowest BCUT2D eigenvalue weighted by atomic mass is 10.0. The van der Waals surface area contributed by atoms with Gasteiger partial charge in [-0.25, -0.2) is 4.98 Å². The van der Waals surface area contributed by atoms with Gasteiger partial charge in [0.15, 0.2) is 28.8 Å². The summed E-state index contributed by atoms with van der Waals surface area (Å²) in [7, 11) is 0. The summed E-state index contributed by atoms with van der Waals surface area (Å²) >= 11 is 2.58. The molecular weight excluding hydrogens is 460 g/mol. The standard InChI is InChI=1S/C24H20N2O5S2/c1-2-28-18-9-14(11-20-22(27)21(23(25)33-20)24-26-7-8-32-24)3-5-16(18)29-12-15-4-6-17-19(10-15)31-13-30-17/h3-11,21,25H,2,12-13H2,1H3/b20-11-,25-23?/t21-/m1/s1. The number of thioether (sulfide) groups is 1. The Morgan fingerprint density at radius 2 is 2.03 bits per heavy atom. The van der Waals surface area contributed by atoms with Crippen LogP contribution in [0, 0.1) is 5.41 Å². The topological polar surface area (TPSA) is 90.7 Å². The quantitative estimate of drug-likeness (QED) is 0.461. The van der Waals surface area contributed by atoms with E-state index in [1.807, 2.05) is 48.7 Å². The largest absolute Gasteiger partial charge is 0.490 e. The van der Waals surface area contributed by atoms with Crippen molar-refractivity contribution in [3.8, 4) is 23.0 Å². The van der Waals surface area contributed by atoms with Gasteiger partial charge in [-0.2, -0.15) is 0 Å². The number of thiazole rings is 1. The summed E-state index contributed by atoms with van der Waals surface area (Å²) in [5.74, 6) is 1.95. The highest BCUT2D eigenvalue weighted by atomic mass is 32.2. The molecule has 0 amide bonds. The zero-order valence-electron chi connectivity index (χ0n) is 17.7. The van der Waals surface area contributed by atoms with Gasteiger partial charge in [-0.15, -0.1) is 11.3 Å². The number of ketones is 1. The van der Waals surface area contributed by atoms with Crippen LogP contribution < -0.4 is 18.9 Å². The van der Waals surface area contributed by atoms with Crippen LogP contribution >= 0.6 is 23.1 Å². The summed E-state index contributed by atoms with van der Waals surface area (Å²) in [6, 6.07) is 11.3. The molecule has 9 heteroatoms. The molecule has 3 aromatic rings. The maximum Gasteiger partial charge on any atom is 0.231 e. The molecule has 3 heterocycles. The molecule has 0 bridgehead atoms. The summed E-state index contributed by atoms with van der Waals surface area (Å²) in [4.78, 5) is 17.6. The van der Waals surface area contributed by atoms with Crippen LogP contribution in [0.15, 0.2) is 52.9 Å². The van der Waals surface area contributed by atoms with E-state index in [1.54, 1.807) is 12.3 Å². The first-order valence-electron chi connectivity index (χ1n) is 10.3. The molecule has 1 atom stereocenters. The molecule has 2 aromatic carbocycles. The third-order valence-electron chi connectivity index (χ3n) is 5.08. The fourth-order valence-electron chi connectivity index (χ4n) is 3.54. The van der Waals surface area contributed by atoms with E-state index in [1.165, 1.54) is 23.1 Å². The van der Waals surface area contributed by atoms with E-state index >= 15 is 0 Å². The molecule has 0 radical (unpaired) electrons. The second-order valence-corrected chi connectivity index (χ2v) is 9.27. The van der Waals surface area contributed by atoms with Gasteiger partial charge in [0.2, 0.25) is 6.79 Å². The number of hydrogen-bond acceptors (Lipinski definition) is 9. The molecule has 0 unspecified atom stereocenters. The van der Waals surface area contributed by atoms with Crippen LogP contribution in [0.25, 0.3) is 6.08 Å². The molecule has 2 aliphatic heterocycles. The van der Waals surface area contributed by atoms with Crippen molar-refractivity contribution in [3.05, 3.63) is 69.0 Å². The van der Waals surface area contributed by atoms with Crippen molar-refractivity contribution in [2.75, 3.05) is 13.4 Å². The maximum absolute atomic E-state index is 12.9. The third kappa shape index (κ3) is 4.46. The molecule has 7 nitrogen and oxygen atoms in total. The van der Waals surface area contributed by atoms with Gasteiger partial charge < -0.3 is 18.9 Å². The highest BCUT2D eigenvalue weighted by Gasteiger charge is 2.38. The number of allylic oxidation sites excluding steroid dienone is 1. The highest BCUT2D eigenvalue weighted by Crippen LogP contribution is 2.42. The lowest BCUT2D eigenvalue weighted by molar-refractivity contribution is -0.114. The Labute approximate surface area is 198 Å². The average molecular weight is 481 g/mol. The lowest BCUT2D eigenvalue weighted by Gasteiger charge is -2.13. The molecule has 0 spiro atoms. The van der Waals surface area contributed by atoms with Crippen LogP contribution in [-0.2, 0) is 11.4 Å². The Bertz CT molecular complexity index is 1240. The van der Waals surface area contributed by atoms with E-state index < -0.39 is 5.92 Å². The van der Waals surface area contributed by atoms with Gasteiger partial charge in [0, 0.05) is 11.6 Å². The van der Waals surface area contributed by atoms with E-state index in [9.17, 15) is 4.79 Å². The Morgan fingerprint density at radius 1 is 1.15 bits per heavy atom. The number of nitrogens with zero attached hydrogens (tertiary/aromatic N) is 1. The number of aromatic nitrogens is 1. The predicted molar refractivity (Wildman–Crippen MR) is 128 cm³/mol. The van der Waals surface area contributed by atoms with E-state index in [-0.39, 0.29) is 12.6 Å². The predicted octanol–water partition coefficient (Wildman–Crippen LogP) is 5.27. The SMILES string of the molecule is CCOc1cc(/C=C2\SC(=N)[C@H](c3nccs3)C2=O)ccc1OCc1ccc2c(c1)OCO2. The Hall–Kier alpha value is -3.30. The molecule has 168 valence electrons. The Balaban J connectivity index is 1.34. The molecule has 0 aliphatic carbocycles. The second-order valence-electron chi connectivity index (χ2n) is 7.26. The first kappa shape index (κ1) is 21.5. The van der Waals surface area contributed by atoms with Crippen LogP contribution in [0.2, 0.25) is 0 Å². The Morgan fingerprint density at radius 3 is 2.85 bits per heavy atom. The average Bonchev–Trinajstić information content (AvgIpc) is 3.55. The number of fused-ring (bicyclic) bond motifs is 1. The fourth-order valence-corrected chi connectivity index (χ4v) is 5.34. The highest BCUT2D eigenvalue weighted by molar-refractivity contribution is 8.19. The van der Waals surface area contributed by atoms with Crippen LogP contribution in [-0.4, -0.2) is 29.2 Å². The van der Waals surface area contributed by atoms with Crippen LogP contribution in [0.1, 0.15) is 29.0 Å². The van der Waals surface area contributed by atoms with Crippen LogP contribution in [0.5, 0.6) is 23.0 Å². The zero-order chi connectivity index (χ0) is 22.8. The van der Waals surface area contributed by atoms with Crippen molar-refractivity contribution < 1.29 is 23.7 Å². The van der Waals surface area contributed by atoms with Crippen LogP contribution in [0.4, 0.5) is 0 Å². The number of rotatable bonds is 7. The fraction of sp³-hybridized carbons (Fsp3) is 0.208. The molecule has 1 aromatic heterocycles. The van der Waals surface area contributed by atoms with Crippen molar-refractivity contribution in [1.82, 2.24) is 4.98 Å². The minimum Gasteiger partial charge on any atom is -0.490 e. The second kappa shape index (κ2) is 9.29. The minimum atomic E-state index is -0.600. The van der Waals surface area contributed by atoms with Gasteiger partial charge in [0.1, 0.15) is 17.5 Å². The molecule has 1 N–H and O–H groups in total.